The third-order valence-corrected chi connectivity index (χ3v) is 4.78. The summed E-state index contributed by atoms with van der Waals surface area (Å²) in [5, 5.41) is 0. The molecule has 0 N–H and O–H groups in total. The van der Waals surface area contributed by atoms with Crippen LogP contribution in [0.3, 0.4) is 0 Å². The summed E-state index contributed by atoms with van der Waals surface area (Å²) >= 11 is 0. The molecule has 0 fully saturated rings. The molecule has 0 aromatic heterocycles. The summed E-state index contributed by atoms with van der Waals surface area (Å²) < 4.78 is 18.7. The standard InChI is InChI=1S/C22H25FN2O2/c1-24(15-17-8-9-21(27-2)20(23)14-17)16-22(26)25-12-10-19(11-13-25)18-6-4-3-5-7-18/h3-10,14H,11-13,15-16H2,1-2H3. The number of likely N-dealkylation sites (N-methyl/N-ethyl adjacent to an activating group) is 1. The number of carbonyl (C=O) groups excluding carboxylic acids is 1. The Morgan fingerprint density at radius 2 is 2.00 bits per heavy atom. The summed E-state index contributed by atoms with van der Waals surface area (Å²) in [6.45, 7) is 2.17. The summed E-state index contributed by atoms with van der Waals surface area (Å²) in [7, 11) is 3.31. The average molecular weight is 368 g/mol. The van der Waals surface area contributed by atoms with Gasteiger partial charge < -0.3 is 9.64 Å². The number of nitrogens with zero attached hydrogens (tertiary/aromatic N) is 2. The van der Waals surface area contributed by atoms with E-state index in [0.717, 1.165) is 18.5 Å². The van der Waals surface area contributed by atoms with Crippen molar-refractivity contribution in [3.63, 3.8) is 0 Å². The van der Waals surface area contributed by atoms with E-state index < -0.39 is 0 Å². The highest BCUT2D eigenvalue weighted by Gasteiger charge is 2.19. The molecule has 1 heterocycles. The van der Waals surface area contributed by atoms with Crippen molar-refractivity contribution < 1.29 is 13.9 Å². The SMILES string of the molecule is COc1ccc(CN(C)CC(=O)N2CC=C(c3ccccc3)CC2)cc1F. The van der Waals surface area contributed by atoms with E-state index in [4.69, 9.17) is 4.74 Å². The van der Waals surface area contributed by atoms with Gasteiger partial charge in [0.15, 0.2) is 11.6 Å². The Labute approximate surface area is 159 Å². The fourth-order valence-corrected chi connectivity index (χ4v) is 3.32. The van der Waals surface area contributed by atoms with Crippen LogP contribution in [-0.2, 0) is 11.3 Å². The Hall–Kier alpha value is -2.66. The van der Waals surface area contributed by atoms with Crippen molar-refractivity contribution >= 4 is 11.5 Å². The molecule has 4 nitrogen and oxygen atoms in total. The van der Waals surface area contributed by atoms with E-state index in [0.29, 0.717) is 19.6 Å². The number of rotatable bonds is 6. The first-order valence-electron chi connectivity index (χ1n) is 9.10. The molecular weight excluding hydrogens is 343 g/mol. The van der Waals surface area contributed by atoms with Crippen LogP contribution in [-0.4, -0.2) is 49.5 Å². The fraction of sp³-hybridized carbons (Fsp3) is 0.318. The van der Waals surface area contributed by atoms with Gasteiger partial charge in [0, 0.05) is 19.6 Å². The predicted octanol–water partition coefficient (Wildman–Crippen LogP) is 3.58. The van der Waals surface area contributed by atoms with Crippen LogP contribution in [0.4, 0.5) is 4.39 Å². The largest absolute Gasteiger partial charge is 0.494 e. The first-order chi connectivity index (χ1) is 13.1. The highest BCUT2D eigenvalue weighted by atomic mass is 19.1. The van der Waals surface area contributed by atoms with Crippen molar-refractivity contribution in [1.82, 2.24) is 9.80 Å². The van der Waals surface area contributed by atoms with Crippen molar-refractivity contribution in [3.05, 3.63) is 71.6 Å². The van der Waals surface area contributed by atoms with Crippen LogP contribution in [0.1, 0.15) is 17.5 Å². The van der Waals surface area contributed by atoms with E-state index in [2.05, 4.69) is 18.2 Å². The van der Waals surface area contributed by atoms with Crippen molar-refractivity contribution in [2.75, 3.05) is 33.8 Å². The van der Waals surface area contributed by atoms with E-state index in [9.17, 15) is 9.18 Å². The van der Waals surface area contributed by atoms with Crippen LogP contribution in [0, 0.1) is 5.82 Å². The molecule has 0 unspecified atom stereocenters. The Morgan fingerprint density at radius 3 is 2.63 bits per heavy atom. The molecule has 1 amide bonds. The second-order valence-electron chi connectivity index (χ2n) is 6.83. The summed E-state index contributed by atoms with van der Waals surface area (Å²) in [4.78, 5) is 16.3. The first-order valence-corrected chi connectivity index (χ1v) is 9.10. The molecule has 1 aliphatic rings. The van der Waals surface area contributed by atoms with Crippen LogP contribution >= 0.6 is 0 Å². The molecule has 0 aliphatic carbocycles. The van der Waals surface area contributed by atoms with E-state index >= 15 is 0 Å². The molecule has 2 aromatic rings. The molecule has 142 valence electrons. The number of carbonyl (C=O) groups is 1. The van der Waals surface area contributed by atoms with Crippen LogP contribution in [0.25, 0.3) is 5.57 Å². The number of ether oxygens (including phenoxy) is 1. The monoisotopic (exact) mass is 368 g/mol. The summed E-state index contributed by atoms with van der Waals surface area (Å²) in [6, 6.07) is 15.2. The van der Waals surface area contributed by atoms with Gasteiger partial charge in [0.05, 0.1) is 13.7 Å². The van der Waals surface area contributed by atoms with Gasteiger partial charge in [-0.25, -0.2) is 4.39 Å². The van der Waals surface area contributed by atoms with Crippen LogP contribution in [0.5, 0.6) is 5.75 Å². The van der Waals surface area contributed by atoms with E-state index in [1.807, 2.05) is 41.1 Å². The lowest BCUT2D eigenvalue weighted by atomic mass is 9.99. The number of benzene rings is 2. The van der Waals surface area contributed by atoms with Crippen LogP contribution in [0.15, 0.2) is 54.6 Å². The minimum Gasteiger partial charge on any atom is -0.494 e. The summed E-state index contributed by atoms with van der Waals surface area (Å²) in [6.07, 6.45) is 3.00. The molecule has 5 heteroatoms. The molecule has 0 atom stereocenters. The van der Waals surface area contributed by atoms with Crippen molar-refractivity contribution in [1.29, 1.82) is 0 Å². The van der Waals surface area contributed by atoms with Crippen molar-refractivity contribution in [2.45, 2.75) is 13.0 Å². The van der Waals surface area contributed by atoms with Gasteiger partial charge in [0.2, 0.25) is 5.91 Å². The number of hydrogen-bond acceptors (Lipinski definition) is 3. The molecule has 1 aliphatic heterocycles. The van der Waals surface area contributed by atoms with Crippen molar-refractivity contribution in [3.8, 4) is 5.75 Å². The lowest BCUT2D eigenvalue weighted by molar-refractivity contribution is -0.131. The number of amides is 1. The van der Waals surface area contributed by atoms with Gasteiger partial charge in [0.1, 0.15) is 0 Å². The Kier molecular flexibility index (Phi) is 6.24. The number of methoxy groups -OCH3 is 1. The van der Waals surface area contributed by atoms with Gasteiger partial charge in [0.25, 0.3) is 0 Å². The maximum Gasteiger partial charge on any atom is 0.237 e. The highest BCUT2D eigenvalue weighted by molar-refractivity contribution is 5.80. The topological polar surface area (TPSA) is 32.8 Å². The van der Waals surface area contributed by atoms with Gasteiger partial charge in [-0.15, -0.1) is 0 Å². The van der Waals surface area contributed by atoms with Gasteiger partial charge in [-0.3, -0.25) is 9.69 Å². The Bertz CT molecular complexity index is 820. The lowest BCUT2D eigenvalue weighted by Gasteiger charge is -2.28. The third kappa shape index (κ3) is 4.95. The third-order valence-electron chi connectivity index (χ3n) is 4.78. The van der Waals surface area contributed by atoms with Gasteiger partial charge in [-0.2, -0.15) is 0 Å². The number of halogens is 1. The zero-order valence-corrected chi connectivity index (χ0v) is 15.8. The number of hydrogen-bond donors (Lipinski definition) is 0. The van der Waals surface area contributed by atoms with E-state index in [1.54, 1.807) is 6.07 Å². The molecule has 0 saturated carbocycles. The zero-order valence-electron chi connectivity index (χ0n) is 15.8. The van der Waals surface area contributed by atoms with E-state index in [-0.39, 0.29) is 17.5 Å². The normalized spacial score (nSPS) is 14.2. The Balaban J connectivity index is 1.53. The second-order valence-corrected chi connectivity index (χ2v) is 6.83. The maximum absolute atomic E-state index is 13.8. The predicted molar refractivity (Wildman–Crippen MR) is 105 cm³/mol. The molecule has 0 spiro atoms. The maximum atomic E-state index is 13.8. The minimum atomic E-state index is -0.385. The molecule has 2 aromatic carbocycles. The molecule has 0 saturated heterocycles. The molecule has 3 rings (SSSR count). The fourth-order valence-electron chi connectivity index (χ4n) is 3.32. The molecule has 27 heavy (non-hydrogen) atoms. The lowest BCUT2D eigenvalue weighted by Crippen LogP contribution is -2.40. The van der Waals surface area contributed by atoms with Crippen molar-refractivity contribution in [2.24, 2.45) is 0 Å². The smallest absolute Gasteiger partial charge is 0.237 e. The van der Waals surface area contributed by atoms with Gasteiger partial charge in [-0.1, -0.05) is 42.5 Å². The van der Waals surface area contributed by atoms with Gasteiger partial charge >= 0.3 is 0 Å². The zero-order chi connectivity index (χ0) is 19.2. The summed E-state index contributed by atoms with van der Waals surface area (Å²) in [5.41, 5.74) is 3.33. The molecule has 0 radical (unpaired) electrons. The van der Waals surface area contributed by atoms with Crippen LogP contribution < -0.4 is 4.74 Å². The molecular formula is C22H25FN2O2. The quantitative estimate of drug-likeness (QED) is 0.781. The summed E-state index contributed by atoms with van der Waals surface area (Å²) in [5.74, 6) is -0.0639. The second kappa shape index (κ2) is 8.82. The minimum absolute atomic E-state index is 0.0924. The average Bonchev–Trinajstić information content (AvgIpc) is 2.69. The highest BCUT2D eigenvalue weighted by Crippen LogP contribution is 2.22. The van der Waals surface area contributed by atoms with E-state index in [1.165, 1.54) is 24.3 Å². The first kappa shape index (κ1) is 19.1. The molecule has 0 bridgehead atoms. The van der Waals surface area contributed by atoms with Crippen LogP contribution in [0.2, 0.25) is 0 Å². The van der Waals surface area contributed by atoms with Gasteiger partial charge in [-0.05, 0) is 42.3 Å². The Morgan fingerprint density at radius 1 is 1.22 bits per heavy atom.